The highest BCUT2D eigenvalue weighted by Crippen LogP contribution is 2.37. The standard InChI is InChI=1S/C21H17BrClN3O4/c22-11-5-1-2-6-13(11)24-16-17(20(29)19(16)28)25-14-8-7-12(23)15(18(14)27)21(30)26-9-3-4-10-26/h1-2,5-8,24-25,27H,3-4,9-10H2. The van der Waals surface area contributed by atoms with Crippen LogP contribution < -0.4 is 21.5 Å². The Morgan fingerprint density at radius 1 is 0.967 bits per heavy atom. The van der Waals surface area contributed by atoms with Crippen molar-refractivity contribution >= 4 is 56.2 Å². The Morgan fingerprint density at radius 2 is 1.57 bits per heavy atom. The van der Waals surface area contributed by atoms with Crippen molar-refractivity contribution in [2.75, 3.05) is 23.7 Å². The van der Waals surface area contributed by atoms with Crippen molar-refractivity contribution < 1.29 is 9.90 Å². The van der Waals surface area contributed by atoms with E-state index in [0.717, 1.165) is 17.3 Å². The zero-order chi connectivity index (χ0) is 21.4. The van der Waals surface area contributed by atoms with Crippen LogP contribution in [-0.4, -0.2) is 29.0 Å². The van der Waals surface area contributed by atoms with Gasteiger partial charge in [0.15, 0.2) is 5.75 Å². The first-order chi connectivity index (χ1) is 14.4. The van der Waals surface area contributed by atoms with Crippen molar-refractivity contribution in [1.29, 1.82) is 0 Å². The maximum Gasteiger partial charge on any atom is 0.259 e. The Hall–Kier alpha value is -2.84. The summed E-state index contributed by atoms with van der Waals surface area (Å²) in [5.41, 5.74) is -0.604. The van der Waals surface area contributed by atoms with Gasteiger partial charge in [-0.05, 0) is 53.0 Å². The summed E-state index contributed by atoms with van der Waals surface area (Å²) in [5.74, 6) is -0.727. The summed E-state index contributed by atoms with van der Waals surface area (Å²) in [5, 5.41) is 16.5. The van der Waals surface area contributed by atoms with Gasteiger partial charge in [-0.2, -0.15) is 0 Å². The van der Waals surface area contributed by atoms with Gasteiger partial charge in [-0.15, -0.1) is 0 Å². The Kier molecular flexibility index (Phi) is 5.53. The first kappa shape index (κ1) is 20.4. The predicted molar refractivity (Wildman–Crippen MR) is 120 cm³/mol. The van der Waals surface area contributed by atoms with Gasteiger partial charge in [0.2, 0.25) is 0 Å². The van der Waals surface area contributed by atoms with Crippen LogP contribution in [0.2, 0.25) is 5.02 Å². The van der Waals surface area contributed by atoms with E-state index in [4.69, 9.17) is 11.6 Å². The fourth-order valence-corrected chi connectivity index (χ4v) is 4.03. The zero-order valence-electron chi connectivity index (χ0n) is 15.7. The summed E-state index contributed by atoms with van der Waals surface area (Å²) < 4.78 is 0.719. The molecule has 0 spiro atoms. The molecule has 1 aliphatic rings. The highest BCUT2D eigenvalue weighted by Gasteiger charge is 2.28. The average molecular weight is 491 g/mol. The largest absolute Gasteiger partial charge is 0.505 e. The molecule has 3 aromatic rings. The number of phenols is 1. The molecule has 3 aromatic carbocycles. The molecule has 154 valence electrons. The first-order valence-corrected chi connectivity index (χ1v) is 10.5. The van der Waals surface area contributed by atoms with E-state index in [9.17, 15) is 19.5 Å². The molecule has 1 fully saturated rings. The van der Waals surface area contributed by atoms with Gasteiger partial charge in [-0.1, -0.05) is 23.7 Å². The van der Waals surface area contributed by atoms with E-state index in [0.29, 0.717) is 18.8 Å². The number of amides is 1. The molecule has 3 N–H and O–H groups in total. The highest BCUT2D eigenvalue weighted by molar-refractivity contribution is 9.10. The average Bonchev–Trinajstić information content (AvgIpc) is 3.28. The molecular formula is C21H17BrClN3O4. The molecule has 0 radical (unpaired) electrons. The van der Waals surface area contributed by atoms with Crippen LogP contribution >= 0.6 is 27.5 Å². The number of anilines is 4. The van der Waals surface area contributed by atoms with Crippen LogP contribution in [0.3, 0.4) is 0 Å². The summed E-state index contributed by atoms with van der Waals surface area (Å²) in [6, 6.07) is 10.1. The van der Waals surface area contributed by atoms with Crippen LogP contribution in [0.25, 0.3) is 0 Å². The van der Waals surface area contributed by atoms with E-state index in [1.165, 1.54) is 12.1 Å². The lowest BCUT2D eigenvalue weighted by atomic mass is 10.1. The first-order valence-electron chi connectivity index (χ1n) is 9.31. The molecule has 0 bridgehead atoms. The van der Waals surface area contributed by atoms with E-state index < -0.39 is 10.9 Å². The quantitative estimate of drug-likeness (QED) is 0.367. The van der Waals surface area contributed by atoms with Gasteiger partial charge < -0.3 is 20.6 Å². The normalized spacial score (nSPS) is 13.6. The number of phenolic OH excluding ortho intramolecular Hbond substituents is 1. The molecule has 0 aliphatic carbocycles. The van der Waals surface area contributed by atoms with Crippen LogP contribution in [0, 0.1) is 0 Å². The molecule has 1 amide bonds. The minimum absolute atomic E-state index is 0.00736. The van der Waals surface area contributed by atoms with Gasteiger partial charge in [-0.25, -0.2) is 0 Å². The monoisotopic (exact) mass is 489 g/mol. The molecule has 1 aliphatic heterocycles. The molecule has 1 heterocycles. The second-order valence-corrected chi connectivity index (χ2v) is 8.22. The Labute approximate surface area is 185 Å². The third kappa shape index (κ3) is 3.57. The van der Waals surface area contributed by atoms with E-state index in [1.807, 2.05) is 6.07 Å². The summed E-state index contributed by atoms with van der Waals surface area (Å²) in [6.45, 7) is 1.20. The highest BCUT2D eigenvalue weighted by atomic mass is 79.9. The van der Waals surface area contributed by atoms with Gasteiger partial charge in [0.05, 0.1) is 16.4 Å². The molecular weight excluding hydrogens is 474 g/mol. The maximum absolute atomic E-state index is 12.8. The van der Waals surface area contributed by atoms with Gasteiger partial charge in [0.25, 0.3) is 16.8 Å². The SMILES string of the molecule is O=C(c1c(Cl)ccc(Nc2c(Nc3ccccc3Br)c(=O)c2=O)c1O)N1CCCC1. The zero-order valence-corrected chi connectivity index (χ0v) is 18.0. The topological polar surface area (TPSA) is 98.7 Å². The molecule has 0 atom stereocenters. The fraction of sp³-hybridized carbons (Fsp3) is 0.190. The fourth-order valence-electron chi connectivity index (χ4n) is 3.41. The van der Waals surface area contributed by atoms with Gasteiger partial charge in [0, 0.05) is 17.6 Å². The lowest BCUT2D eigenvalue weighted by Gasteiger charge is -2.20. The molecule has 4 rings (SSSR count). The van der Waals surface area contributed by atoms with E-state index in [2.05, 4.69) is 26.6 Å². The second-order valence-electron chi connectivity index (χ2n) is 6.96. The Morgan fingerprint density at radius 3 is 2.20 bits per heavy atom. The molecule has 1 saturated heterocycles. The maximum atomic E-state index is 12.8. The lowest BCUT2D eigenvalue weighted by Crippen LogP contribution is -2.36. The van der Waals surface area contributed by atoms with Gasteiger partial charge in [-0.3, -0.25) is 14.4 Å². The molecule has 0 aromatic heterocycles. The molecule has 7 nitrogen and oxygen atoms in total. The summed E-state index contributed by atoms with van der Waals surface area (Å²) >= 11 is 9.56. The summed E-state index contributed by atoms with van der Waals surface area (Å²) in [7, 11) is 0. The number of halogens is 2. The number of likely N-dealkylation sites (tertiary alicyclic amines) is 1. The van der Waals surface area contributed by atoms with Gasteiger partial charge >= 0.3 is 0 Å². The third-order valence-corrected chi connectivity index (χ3v) is 6.04. The Bertz CT molecular complexity index is 1210. The van der Waals surface area contributed by atoms with Crippen LogP contribution in [0.15, 0.2) is 50.5 Å². The van der Waals surface area contributed by atoms with Crippen LogP contribution in [-0.2, 0) is 0 Å². The number of benzene rings is 2. The number of nitrogens with zero attached hydrogens (tertiary/aromatic N) is 1. The molecule has 9 heteroatoms. The summed E-state index contributed by atoms with van der Waals surface area (Å²) in [4.78, 5) is 38.6. The minimum atomic E-state index is -0.716. The van der Waals surface area contributed by atoms with Crippen molar-refractivity contribution in [2.24, 2.45) is 0 Å². The number of rotatable bonds is 5. The number of nitrogens with one attached hydrogen (secondary N) is 2. The van der Waals surface area contributed by atoms with Crippen molar-refractivity contribution in [3.8, 4) is 5.75 Å². The van der Waals surface area contributed by atoms with Crippen LogP contribution in [0.5, 0.6) is 5.75 Å². The third-order valence-electron chi connectivity index (χ3n) is 5.04. The number of para-hydroxylation sites is 1. The minimum Gasteiger partial charge on any atom is -0.505 e. The predicted octanol–water partition coefficient (Wildman–Crippen LogP) is 4.13. The van der Waals surface area contributed by atoms with Gasteiger partial charge in [0.1, 0.15) is 16.9 Å². The number of carbonyl (C=O) groups is 1. The second kappa shape index (κ2) is 8.12. The van der Waals surface area contributed by atoms with E-state index in [-0.39, 0.29) is 39.3 Å². The molecule has 30 heavy (non-hydrogen) atoms. The van der Waals surface area contributed by atoms with Crippen molar-refractivity contribution in [2.45, 2.75) is 12.8 Å². The van der Waals surface area contributed by atoms with E-state index in [1.54, 1.807) is 23.1 Å². The number of hydrogen-bond acceptors (Lipinski definition) is 6. The smallest absolute Gasteiger partial charge is 0.259 e. The van der Waals surface area contributed by atoms with E-state index >= 15 is 0 Å². The van der Waals surface area contributed by atoms with Crippen molar-refractivity contribution in [1.82, 2.24) is 4.90 Å². The van der Waals surface area contributed by atoms with Crippen LogP contribution in [0.1, 0.15) is 23.2 Å². The number of carbonyl (C=O) groups excluding carboxylic acids is 1. The lowest BCUT2D eigenvalue weighted by molar-refractivity contribution is 0.0790. The number of aromatic hydroxyl groups is 1. The number of hydrogen-bond donors (Lipinski definition) is 3. The van der Waals surface area contributed by atoms with Crippen molar-refractivity contribution in [3.63, 3.8) is 0 Å². The van der Waals surface area contributed by atoms with Crippen LogP contribution in [0.4, 0.5) is 22.7 Å². The molecule has 0 saturated carbocycles. The summed E-state index contributed by atoms with van der Waals surface area (Å²) in [6.07, 6.45) is 1.80. The Balaban J connectivity index is 1.66. The molecule has 0 unspecified atom stereocenters. The van der Waals surface area contributed by atoms with Crippen molar-refractivity contribution in [3.05, 3.63) is 71.9 Å².